The van der Waals surface area contributed by atoms with Crippen LogP contribution in [-0.4, -0.2) is 18.6 Å². The quantitative estimate of drug-likeness (QED) is 0.647. The van der Waals surface area contributed by atoms with Gasteiger partial charge in [0.15, 0.2) is 0 Å². The van der Waals surface area contributed by atoms with Crippen molar-refractivity contribution in [3.63, 3.8) is 0 Å². The highest BCUT2D eigenvalue weighted by Crippen LogP contribution is 2.32. The smallest absolute Gasteiger partial charge is 0.375 e. The molecular formula is C18H15F3N2OS. The van der Waals surface area contributed by atoms with Gasteiger partial charge in [-0.15, -0.1) is 11.3 Å². The summed E-state index contributed by atoms with van der Waals surface area (Å²) in [5, 5.41) is 6.02. The van der Waals surface area contributed by atoms with Gasteiger partial charge in [0.05, 0.1) is 16.3 Å². The lowest BCUT2D eigenvalue weighted by atomic mass is 10.1. The molecule has 0 saturated carbocycles. The van der Waals surface area contributed by atoms with Crippen LogP contribution in [0.2, 0.25) is 0 Å². The molecule has 0 aliphatic heterocycles. The van der Waals surface area contributed by atoms with Crippen LogP contribution in [0.25, 0.3) is 10.1 Å². The van der Waals surface area contributed by atoms with Crippen molar-refractivity contribution in [2.24, 2.45) is 0 Å². The maximum atomic E-state index is 12.6. The molecule has 2 N–H and O–H groups in total. The van der Waals surface area contributed by atoms with Gasteiger partial charge in [-0.3, -0.25) is 4.79 Å². The van der Waals surface area contributed by atoms with Crippen molar-refractivity contribution >= 4 is 38.7 Å². The molecule has 0 saturated heterocycles. The highest BCUT2D eigenvalue weighted by atomic mass is 32.1. The second-order valence-corrected chi connectivity index (χ2v) is 6.57. The molecule has 130 valence electrons. The van der Waals surface area contributed by atoms with E-state index in [-0.39, 0.29) is 11.6 Å². The minimum absolute atomic E-state index is 0.229. The summed E-state index contributed by atoms with van der Waals surface area (Å²) in [6, 6.07) is 14.0. The molecule has 1 heterocycles. The first-order chi connectivity index (χ1) is 11.8. The third-order valence-electron chi connectivity index (χ3n) is 3.70. The van der Waals surface area contributed by atoms with E-state index in [1.165, 1.54) is 17.4 Å². The van der Waals surface area contributed by atoms with Crippen molar-refractivity contribution in [2.45, 2.75) is 13.1 Å². The largest absolute Gasteiger partial charge is 0.405 e. The Bertz CT molecular complexity index is 918. The normalized spacial score (nSPS) is 11.5. The number of anilines is 2. The van der Waals surface area contributed by atoms with E-state index in [9.17, 15) is 18.0 Å². The Labute approximate surface area is 146 Å². The average molecular weight is 364 g/mol. The van der Waals surface area contributed by atoms with Crippen LogP contribution in [0.1, 0.15) is 15.2 Å². The molecule has 0 fully saturated rings. The van der Waals surface area contributed by atoms with E-state index in [0.29, 0.717) is 10.6 Å². The second-order valence-electron chi connectivity index (χ2n) is 5.52. The van der Waals surface area contributed by atoms with Gasteiger partial charge in [0.25, 0.3) is 5.91 Å². The van der Waals surface area contributed by atoms with E-state index in [1.54, 1.807) is 18.2 Å². The lowest BCUT2D eigenvalue weighted by molar-refractivity contribution is -0.115. The van der Waals surface area contributed by atoms with Gasteiger partial charge in [-0.2, -0.15) is 13.2 Å². The van der Waals surface area contributed by atoms with Crippen LogP contribution in [0.4, 0.5) is 24.5 Å². The molecule has 1 amide bonds. The first-order valence-corrected chi connectivity index (χ1v) is 8.36. The topological polar surface area (TPSA) is 41.1 Å². The number of carbonyl (C=O) groups is 1. The second kappa shape index (κ2) is 6.76. The van der Waals surface area contributed by atoms with Crippen molar-refractivity contribution in [3.05, 3.63) is 59.0 Å². The fraction of sp³-hybridized carbons (Fsp3) is 0.167. The summed E-state index contributed by atoms with van der Waals surface area (Å²) in [7, 11) is 0. The summed E-state index contributed by atoms with van der Waals surface area (Å²) in [4.78, 5) is 13.2. The molecule has 7 heteroatoms. The molecule has 0 unspecified atom stereocenters. The molecule has 0 aliphatic carbocycles. The Morgan fingerprint density at radius 3 is 2.36 bits per heavy atom. The van der Waals surface area contributed by atoms with Crippen molar-refractivity contribution < 1.29 is 18.0 Å². The summed E-state index contributed by atoms with van der Waals surface area (Å²) in [5.41, 5.74) is 1.40. The molecule has 3 aromatic rings. The Morgan fingerprint density at radius 1 is 1.04 bits per heavy atom. The van der Waals surface area contributed by atoms with Gasteiger partial charge in [0, 0.05) is 4.70 Å². The molecule has 0 spiro atoms. The van der Waals surface area contributed by atoms with Crippen molar-refractivity contribution in [2.75, 3.05) is 17.2 Å². The van der Waals surface area contributed by atoms with E-state index in [2.05, 4.69) is 10.6 Å². The molecule has 0 bridgehead atoms. The lowest BCUT2D eigenvalue weighted by Crippen LogP contribution is -2.22. The van der Waals surface area contributed by atoms with Gasteiger partial charge in [-0.1, -0.05) is 30.3 Å². The number of benzene rings is 2. The summed E-state index contributed by atoms with van der Waals surface area (Å²) in [6.45, 7) is 0.698. The average Bonchev–Trinajstić information content (AvgIpc) is 2.91. The van der Waals surface area contributed by atoms with Crippen LogP contribution in [0, 0.1) is 6.92 Å². The standard InChI is InChI=1S/C18H15F3N2OS/c1-11-12-6-2-5-9-15(12)25-16(11)17(24)23-14-8-4-3-7-13(14)22-10-18(19,20)21/h2-9,22H,10H2,1H3,(H,23,24). The number of fused-ring (bicyclic) bond motifs is 1. The van der Waals surface area contributed by atoms with Gasteiger partial charge in [0.1, 0.15) is 6.54 Å². The van der Waals surface area contributed by atoms with Crippen molar-refractivity contribution in [1.29, 1.82) is 0 Å². The highest BCUT2D eigenvalue weighted by Gasteiger charge is 2.27. The maximum Gasteiger partial charge on any atom is 0.405 e. The number of para-hydroxylation sites is 2. The van der Waals surface area contributed by atoms with Gasteiger partial charge in [-0.25, -0.2) is 0 Å². The minimum atomic E-state index is -4.33. The van der Waals surface area contributed by atoms with E-state index < -0.39 is 12.7 Å². The zero-order valence-electron chi connectivity index (χ0n) is 13.3. The molecule has 3 nitrogen and oxygen atoms in total. The zero-order valence-corrected chi connectivity index (χ0v) is 14.1. The van der Waals surface area contributed by atoms with Crippen LogP contribution in [-0.2, 0) is 0 Å². The third kappa shape index (κ3) is 3.93. The number of rotatable bonds is 4. The first kappa shape index (κ1) is 17.3. The predicted octanol–water partition coefficient (Wildman–Crippen LogP) is 5.44. The highest BCUT2D eigenvalue weighted by molar-refractivity contribution is 7.21. The summed E-state index contributed by atoms with van der Waals surface area (Å²) in [5.74, 6) is -0.333. The molecule has 25 heavy (non-hydrogen) atoms. The zero-order chi connectivity index (χ0) is 18.0. The van der Waals surface area contributed by atoms with Gasteiger partial charge in [0.2, 0.25) is 0 Å². The molecule has 0 atom stereocenters. The van der Waals surface area contributed by atoms with Crippen LogP contribution in [0.5, 0.6) is 0 Å². The summed E-state index contributed by atoms with van der Waals surface area (Å²) >= 11 is 1.36. The number of aryl methyl sites for hydroxylation is 1. The number of alkyl halides is 3. The van der Waals surface area contributed by atoms with Crippen LogP contribution >= 0.6 is 11.3 Å². The number of hydrogen-bond donors (Lipinski definition) is 2. The summed E-state index contributed by atoms with van der Waals surface area (Å²) in [6.07, 6.45) is -4.33. The number of nitrogens with one attached hydrogen (secondary N) is 2. The SMILES string of the molecule is Cc1c(C(=O)Nc2ccccc2NCC(F)(F)F)sc2ccccc12. The van der Waals surface area contributed by atoms with Crippen LogP contribution in [0.3, 0.4) is 0 Å². The Morgan fingerprint density at radius 2 is 1.68 bits per heavy atom. The third-order valence-corrected chi connectivity index (χ3v) is 4.98. The van der Waals surface area contributed by atoms with Gasteiger partial charge < -0.3 is 10.6 Å². The van der Waals surface area contributed by atoms with E-state index in [1.807, 2.05) is 31.2 Å². The molecule has 0 radical (unpaired) electrons. The molecule has 1 aromatic heterocycles. The number of thiophene rings is 1. The van der Waals surface area contributed by atoms with Crippen molar-refractivity contribution in [1.82, 2.24) is 0 Å². The molecular weight excluding hydrogens is 349 g/mol. The molecule has 2 aromatic carbocycles. The van der Waals surface area contributed by atoms with E-state index >= 15 is 0 Å². The monoisotopic (exact) mass is 364 g/mol. The van der Waals surface area contributed by atoms with Gasteiger partial charge in [-0.05, 0) is 36.1 Å². The lowest BCUT2D eigenvalue weighted by Gasteiger charge is -2.14. The number of amides is 1. The number of hydrogen-bond acceptors (Lipinski definition) is 3. The number of carbonyl (C=O) groups excluding carboxylic acids is 1. The molecule has 0 aliphatic rings. The Hall–Kier alpha value is -2.54. The predicted molar refractivity (Wildman–Crippen MR) is 95.5 cm³/mol. The fourth-order valence-corrected chi connectivity index (χ4v) is 3.62. The van der Waals surface area contributed by atoms with E-state index in [4.69, 9.17) is 0 Å². The molecule has 3 rings (SSSR count). The van der Waals surface area contributed by atoms with Crippen molar-refractivity contribution in [3.8, 4) is 0 Å². The first-order valence-electron chi connectivity index (χ1n) is 7.54. The van der Waals surface area contributed by atoms with E-state index in [0.717, 1.165) is 15.6 Å². The van der Waals surface area contributed by atoms with Crippen LogP contribution in [0.15, 0.2) is 48.5 Å². The summed E-state index contributed by atoms with van der Waals surface area (Å²) < 4.78 is 38.3. The van der Waals surface area contributed by atoms with Crippen LogP contribution < -0.4 is 10.6 Å². The number of halogens is 3. The minimum Gasteiger partial charge on any atom is -0.375 e. The Balaban J connectivity index is 1.84. The Kier molecular flexibility index (Phi) is 4.67. The fourth-order valence-electron chi connectivity index (χ4n) is 2.51. The van der Waals surface area contributed by atoms with Gasteiger partial charge >= 0.3 is 6.18 Å². The maximum absolute atomic E-state index is 12.6.